The summed E-state index contributed by atoms with van der Waals surface area (Å²) in [6, 6.07) is 4.80. The van der Waals surface area contributed by atoms with Gasteiger partial charge in [0.25, 0.3) is 11.8 Å². The van der Waals surface area contributed by atoms with Gasteiger partial charge in [-0.25, -0.2) is 0 Å². The van der Waals surface area contributed by atoms with Crippen molar-refractivity contribution in [3.8, 4) is 0 Å². The molecule has 158 valence electrons. The highest BCUT2D eigenvalue weighted by Crippen LogP contribution is 2.48. The molecule has 2 saturated heterocycles. The molecule has 1 spiro atoms. The number of benzene rings is 1. The van der Waals surface area contributed by atoms with E-state index in [1.807, 2.05) is 6.07 Å². The predicted molar refractivity (Wildman–Crippen MR) is 107 cm³/mol. The average molecular weight is 410 g/mol. The Balaban J connectivity index is 1.28. The summed E-state index contributed by atoms with van der Waals surface area (Å²) in [5, 5.41) is 2.22. The normalized spacial score (nSPS) is 26.7. The number of hydrogen-bond donors (Lipinski definition) is 2. The van der Waals surface area contributed by atoms with E-state index < -0.39 is 23.8 Å². The Bertz CT molecular complexity index is 942. The van der Waals surface area contributed by atoms with Crippen LogP contribution in [0.25, 0.3) is 0 Å². The lowest BCUT2D eigenvalue weighted by Gasteiger charge is -2.51. The molecule has 1 aromatic rings. The Hall–Kier alpha value is -2.58. The molecule has 1 aromatic carbocycles. The quantitative estimate of drug-likeness (QED) is 0.713. The zero-order valence-corrected chi connectivity index (χ0v) is 16.9. The Kier molecular flexibility index (Phi) is 4.52. The number of nitrogens with zero attached hydrogens (tertiary/aromatic N) is 2. The predicted octanol–water partition coefficient (Wildman–Crippen LogP) is 0.791. The first-order valence-electron chi connectivity index (χ1n) is 10.7. The molecule has 3 N–H and O–H groups in total. The highest BCUT2D eigenvalue weighted by molar-refractivity contribution is 6.23. The molecule has 3 heterocycles. The van der Waals surface area contributed by atoms with Crippen molar-refractivity contribution in [3.05, 3.63) is 34.9 Å². The van der Waals surface area contributed by atoms with E-state index in [0.29, 0.717) is 22.6 Å². The molecule has 0 bridgehead atoms. The van der Waals surface area contributed by atoms with Gasteiger partial charge in [-0.3, -0.25) is 34.3 Å². The summed E-state index contributed by atoms with van der Waals surface area (Å²) in [5.41, 5.74) is 8.09. The van der Waals surface area contributed by atoms with E-state index in [9.17, 15) is 19.2 Å². The third kappa shape index (κ3) is 3.15. The lowest BCUT2D eigenvalue weighted by Crippen LogP contribution is -2.54. The van der Waals surface area contributed by atoms with Crippen LogP contribution in [0, 0.1) is 5.41 Å². The molecule has 3 aliphatic heterocycles. The van der Waals surface area contributed by atoms with Gasteiger partial charge in [0.2, 0.25) is 11.8 Å². The number of hydrogen-bond acceptors (Lipinski definition) is 6. The van der Waals surface area contributed by atoms with Gasteiger partial charge < -0.3 is 5.73 Å². The molecule has 1 atom stereocenters. The SMILES string of the molecule is NC1CC2(CCN(Cc3ccc4c(c3)C(=O)N(C3CCC(=O)NC3=O)C4=O)CC2)C1. The van der Waals surface area contributed by atoms with Gasteiger partial charge in [-0.1, -0.05) is 6.07 Å². The second-order valence-corrected chi connectivity index (χ2v) is 9.27. The number of nitrogens with two attached hydrogens (primary N) is 1. The van der Waals surface area contributed by atoms with Gasteiger partial charge >= 0.3 is 0 Å². The number of likely N-dealkylation sites (tertiary alicyclic amines) is 1. The van der Waals surface area contributed by atoms with Crippen LogP contribution in [-0.4, -0.2) is 58.6 Å². The van der Waals surface area contributed by atoms with Crippen LogP contribution >= 0.6 is 0 Å². The molecule has 1 unspecified atom stereocenters. The van der Waals surface area contributed by atoms with Gasteiger partial charge in [0.15, 0.2) is 0 Å². The summed E-state index contributed by atoms with van der Waals surface area (Å²) in [7, 11) is 0. The monoisotopic (exact) mass is 410 g/mol. The topological polar surface area (TPSA) is 113 Å². The van der Waals surface area contributed by atoms with Crippen molar-refractivity contribution in [2.75, 3.05) is 13.1 Å². The van der Waals surface area contributed by atoms with Crippen LogP contribution in [0.2, 0.25) is 0 Å². The van der Waals surface area contributed by atoms with Crippen LogP contribution in [0.4, 0.5) is 0 Å². The molecule has 8 nitrogen and oxygen atoms in total. The van der Waals surface area contributed by atoms with Crippen molar-refractivity contribution in [2.24, 2.45) is 11.1 Å². The molecular formula is C22H26N4O4. The van der Waals surface area contributed by atoms with Crippen molar-refractivity contribution >= 4 is 23.6 Å². The third-order valence-electron chi connectivity index (χ3n) is 7.22. The average Bonchev–Trinajstić information content (AvgIpc) is 2.93. The molecular weight excluding hydrogens is 384 g/mol. The van der Waals surface area contributed by atoms with Crippen LogP contribution in [0.1, 0.15) is 64.8 Å². The smallest absolute Gasteiger partial charge is 0.262 e. The van der Waals surface area contributed by atoms with Gasteiger partial charge in [0.1, 0.15) is 6.04 Å². The molecule has 4 amide bonds. The second kappa shape index (κ2) is 6.99. The minimum absolute atomic E-state index is 0.121. The van der Waals surface area contributed by atoms with Crippen LogP contribution in [0.3, 0.4) is 0 Å². The fourth-order valence-corrected chi connectivity index (χ4v) is 5.52. The largest absolute Gasteiger partial charge is 0.328 e. The lowest BCUT2D eigenvalue weighted by molar-refractivity contribution is -0.136. The summed E-state index contributed by atoms with van der Waals surface area (Å²) in [6.45, 7) is 2.76. The first kappa shape index (κ1) is 19.4. The maximum absolute atomic E-state index is 13.0. The first-order chi connectivity index (χ1) is 14.3. The Morgan fingerprint density at radius 2 is 1.73 bits per heavy atom. The number of nitrogens with one attached hydrogen (secondary N) is 1. The molecule has 3 fully saturated rings. The zero-order valence-electron chi connectivity index (χ0n) is 16.9. The maximum Gasteiger partial charge on any atom is 0.262 e. The Morgan fingerprint density at radius 3 is 2.40 bits per heavy atom. The van der Waals surface area contributed by atoms with E-state index in [4.69, 9.17) is 5.73 Å². The van der Waals surface area contributed by atoms with Crippen LogP contribution < -0.4 is 11.1 Å². The van der Waals surface area contributed by atoms with Gasteiger partial charge in [-0.05, 0) is 68.3 Å². The minimum atomic E-state index is -0.925. The molecule has 0 aromatic heterocycles. The second-order valence-electron chi connectivity index (χ2n) is 9.27. The molecule has 0 radical (unpaired) electrons. The lowest BCUT2D eigenvalue weighted by atomic mass is 9.61. The number of amides is 4. The van der Waals surface area contributed by atoms with E-state index in [-0.39, 0.29) is 18.7 Å². The molecule has 1 saturated carbocycles. The van der Waals surface area contributed by atoms with Crippen LogP contribution in [0.5, 0.6) is 0 Å². The van der Waals surface area contributed by atoms with Crippen molar-refractivity contribution in [1.82, 2.24) is 15.1 Å². The summed E-state index contributed by atoms with van der Waals surface area (Å²) in [4.78, 5) is 52.7. The molecule has 8 heteroatoms. The van der Waals surface area contributed by atoms with Crippen molar-refractivity contribution in [3.63, 3.8) is 0 Å². The van der Waals surface area contributed by atoms with E-state index in [2.05, 4.69) is 10.2 Å². The van der Waals surface area contributed by atoms with E-state index in [0.717, 1.165) is 55.8 Å². The standard InChI is InChI=1S/C22H26N4O4/c23-14-10-22(11-14)5-7-25(8-6-22)12-13-1-2-15-16(9-13)21(30)26(20(15)29)17-3-4-18(27)24-19(17)28/h1-2,9,14,17H,3-8,10-12,23H2,(H,24,27,28). The fraction of sp³-hybridized carbons (Fsp3) is 0.545. The van der Waals surface area contributed by atoms with Crippen molar-refractivity contribution in [2.45, 2.75) is 57.2 Å². The number of rotatable bonds is 3. The molecule has 4 aliphatic rings. The minimum Gasteiger partial charge on any atom is -0.328 e. The number of piperidine rings is 2. The summed E-state index contributed by atoms with van der Waals surface area (Å²) >= 11 is 0. The molecule has 5 rings (SSSR count). The van der Waals surface area contributed by atoms with Gasteiger partial charge in [0, 0.05) is 19.0 Å². The van der Waals surface area contributed by atoms with Crippen molar-refractivity contribution < 1.29 is 19.2 Å². The molecule has 30 heavy (non-hydrogen) atoms. The number of carbonyl (C=O) groups is 4. The van der Waals surface area contributed by atoms with Crippen molar-refractivity contribution in [1.29, 1.82) is 0 Å². The number of carbonyl (C=O) groups excluding carboxylic acids is 4. The van der Waals surface area contributed by atoms with Crippen LogP contribution in [-0.2, 0) is 16.1 Å². The van der Waals surface area contributed by atoms with Gasteiger partial charge in [-0.15, -0.1) is 0 Å². The highest BCUT2D eigenvalue weighted by atomic mass is 16.2. The molecule has 1 aliphatic carbocycles. The first-order valence-corrected chi connectivity index (χ1v) is 10.7. The van der Waals surface area contributed by atoms with E-state index in [1.54, 1.807) is 12.1 Å². The highest BCUT2D eigenvalue weighted by Gasteiger charge is 2.45. The van der Waals surface area contributed by atoms with Gasteiger partial charge in [0.05, 0.1) is 11.1 Å². The van der Waals surface area contributed by atoms with E-state index >= 15 is 0 Å². The third-order valence-corrected chi connectivity index (χ3v) is 7.22. The summed E-state index contributed by atoms with van der Waals surface area (Å²) in [5.74, 6) is -1.87. The number of fused-ring (bicyclic) bond motifs is 1. The van der Waals surface area contributed by atoms with E-state index in [1.165, 1.54) is 0 Å². The number of imide groups is 2. The summed E-state index contributed by atoms with van der Waals surface area (Å²) in [6.07, 6.45) is 4.87. The Morgan fingerprint density at radius 1 is 1.03 bits per heavy atom. The zero-order chi connectivity index (χ0) is 21.0. The maximum atomic E-state index is 13.0. The Labute approximate surface area is 174 Å². The van der Waals surface area contributed by atoms with Gasteiger partial charge in [-0.2, -0.15) is 0 Å². The fourth-order valence-electron chi connectivity index (χ4n) is 5.52. The van der Waals surface area contributed by atoms with Crippen LogP contribution in [0.15, 0.2) is 18.2 Å². The summed E-state index contributed by atoms with van der Waals surface area (Å²) < 4.78 is 0.